The van der Waals surface area contributed by atoms with Crippen LogP contribution >= 0.6 is 0 Å². The van der Waals surface area contributed by atoms with Crippen molar-refractivity contribution < 1.29 is 4.79 Å². The summed E-state index contributed by atoms with van der Waals surface area (Å²) in [5, 5.41) is 10.9. The van der Waals surface area contributed by atoms with Gasteiger partial charge >= 0.3 is 0 Å². The van der Waals surface area contributed by atoms with E-state index in [0.717, 1.165) is 22.4 Å². The summed E-state index contributed by atoms with van der Waals surface area (Å²) in [6, 6.07) is 3.66. The fourth-order valence-corrected chi connectivity index (χ4v) is 2.67. The third-order valence-corrected chi connectivity index (χ3v) is 4.24. The van der Waals surface area contributed by atoms with Crippen LogP contribution in [0.5, 0.6) is 0 Å². The topological polar surface area (TPSA) is 76.5 Å². The molecule has 0 aliphatic rings. The highest BCUT2D eigenvalue weighted by molar-refractivity contribution is 6.10. The summed E-state index contributed by atoms with van der Waals surface area (Å²) >= 11 is 0. The molecule has 28 heavy (non-hydrogen) atoms. The first kappa shape index (κ1) is 19.0. The molecule has 0 aliphatic carbocycles. The molecule has 3 rings (SSSR count). The van der Waals surface area contributed by atoms with E-state index in [2.05, 4.69) is 33.4 Å². The van der Waals surface area contributed by atoms with Crippen molar-refractivity contribution in [3.63, 3.8) is 0 Å². The van der Waals surface area contributed by atoms with E-state index in [1.165, 1.54) is 0 Å². The molecule has 6 heteroatoms. The Bertz CT molecular complexity index is 1080. The van der Waals surface area contributed by atoms with Crippen molar-refractivity contribution in [2.24, 2.45) is 7.05 Å². The lowest BCUT2D eigenvalue weighted by molar-refractivity contribution is 0.103. The van der Waals surface area contributed by atoms with E-state index in [-0.39, 0.29) is 5.78 Å². The molecule has 3 aromatic heterocycles. The molecule has 0 atom stereocenters. The van der Waals surface area contributed by atoms with E-state index in [1.807, 2.05) is 31.5 Å². The second-order valence-corrected chi connectivity index (χ2v) is 6.30. The van der Waals surface area contributed by atoms with E-state index < -0.39 is 0 Å². The van der Waals surface area contributed by atoms with Gasteiger partial charge in [0.25, 0.3) is 0 Å². The molecule has 0 saturated heterocycles. The molecule has 0 unspecified atom stereocenters. The summed E-state index contributed by atoms with van der Waals surface area (Å²) < 4.78 is 1.71. The Morgan fingerprint density at radius 3 is 2.75 bits per heavy atom. The van der Waals surface area contributed by atoms with Crippen molar-refractivity contribution in [2.45, 2.75) is 6.92 Å². The maximum absolute atomic E-state index is 13.0. The summed E-state index contributed by atoms with van der Waals surface area (Å²) in [5.74, 6) is -0.107. The Kier molecular flexibility index (Phi) is 5.60. The number of aromatic nitrogens is 5. The minimum absolute atomic E-state index is 0.107. The number of H-pyrrole nitrogens is 1. The number of Topliss-reactive ketones (excluding diaryl/α,β-unsaturated/α-hetero) is 1. The Balaban J connectivity index is 1.85. The summed E-state index contributed by atoms with van der Waals surface area (Å²) in [4.78, 5) is 17.4. The maximum Gasteiger partial charge on any atom is 0.190 e. The monoisotopic (exact) mass is 371 g/mol. The molecule has 0 fully saturated rings. The molecule has 0 aromatic carbocycles. The predicted octanol–water partition coefficient (Wildman–Crippen LogP) is 4.25. The third-order valence-electron chi connectivity index (χ3n) is 4.24. The van der Waals surface area contributed by atoms with E-state index >= 15 is 0 Å². The van der Waals surface area contributed by atoms with E-state index in [1.54, 1.807) is 48.4 Å². The predicted molar refractivity (Wildman–Crippen MR) is 111 cm³/mol. The molecule has 1 N–H and O–H groups in total. The zero-order chi connectivity index (χ0) is 20.1. The van der Waals surface area contributed by atoms with Crippen LogP contribution in [0.1, 0.15) is 28.7 Å². The molecule has 0 radical (unpaired) electrons. The lowest BCUT2D eigenvalue weighted by Gasteiger charge is -2.07. The average Bonchev–Trinajstić information content (AvgIpc) is 3.38. The van der Waals surface area contributed by atoms with Crippen molar-refractivity contribution in [1.82, 2.24) is 25.0 Å². The number of carbonyl (C=O) groups excluding carboxylic acids is 1. The lowest BCUT2D eigenvalue weighted by atomic mass is 9.99. The second kappa shape index (κ2) is 8.26. The van der Waals surface area contributed by atoms with Gasteiger partial charge in [0.1, 0.15) is 0 Å². The Morgan fingerprint density at radius 1 is 1.29 bits per heavy atom. The minimum Gasteiger partial charge on any atom is -0.289 e. The van der Waals surface area contributed by atoms with Crippen molar-refractivity contribution >= 4 is 17.4 Å². The van der Waals surface area contributed by atoms with Gasteiger partial charge in [0.2, 0.25) is 0 Å². The second-order valence-electron chi connectivity index (χ2n) is 6.30. The van der Waals surface area contributed by atoms with Gasteiger partial charge in [0.15, 0.2) is 5.78 Å². The molecular formula is C22H21N5O. The zero-order valence-corrected chi connectivity index (χ0v) is 15.9. The Morgan fingerprint density at radius 2 is 2.11 bits per heavy atom. The van der Waals surface area contributed by atoms with Crippen LogP contribution < -0.4 is 0 Å². The van der Waals surface area contributed by atoms with Crippen LogP contribution in [0.3, 0.4) is 0 Å². The lowest BCUT2D eigenvalue weighted by Crippen LogP contribution is -2.05. The van der Waals surface area contributed by atoms with Crippen molar-refractivity contribution in [2.75, 3.05) is 0 Å². The van der Waals surface area contributed by atoms with Crippen LogP contribution in [0.4, 0.5) is 0 Å². The van der Waals surface area contributed by atoms with Crippen molar-refractivity contribution in [1.29, 1.82) is 0 Å². The number of ketones is 1. The van der Waals surface area contributed by atoms with Gasteiger partial charge in [0.05, 0.1) is 17.6 Å². The average molecular weight is 371 g/mol. The number of nitrogens with one attached hydrogen (secondary N) is 1. The number of hydrogen-bond acceptors (Lipinski definition) is 4. The summed E-state index contributed by atoms with van der Waals surface area (Å²) in [6.45, 7) is 9.51. The first-order valence-electron chi connectivity index (χ1n) is 8.69. The number of allylic oxidation sites excluding steroid dienone is 5. The fraction of sp³-hybridized carbons (Fsp3) is 0.0909. The summed E-state index contributed by atoms with van der Waals surface area (Å²) in [6.07, 6.45) is 14.0. The van der Waals surface area contributed by atoms with Crippen LogP contribution in [0, 0.1) is 0 Å². The standard InChI is InChI=1S/C22H21N5O/c1-5-20-19(11-17(12-23-20)18-13-25-27(4)14-18)22(28)16(3)8-6-7-15(2)21-9-10-24-26-21/h5-14H,1-2H2,3-4H3,(H,24,26)/b7-6-,16-8+. The minimum atomic E-state index is -0.107. The highest BCUT2D eigenvalue weighted by Crippen LogP contribution is 2.23. The molecule has 0 amide bonds. The van der Waals surface area contributed by atoms with Gasteiger partial charge in [-0.15, -0.1) is 0 Å². The molecular weight excluding hydrogens is 350 g/mol. The zero-order valence-electron chi connectivity index (χ0n) is 15.9. The van der Waals surface area contributed by atoms with Crippen LogP contribution in [-0.2, 0) is 7.05 Å². The third kappa shape index (κ3) is 4.12. The maximum atomic E-state index is 13.0. The number of nitrogens with zero attached hydrogens (tertiary/aromatic N) is 4. The molecule has 3 heterocycles. The number of carbonyl (C=O) groups is 1. The quantitative estimate of drug-likeness (QED) is 0.383. The molecule has 0 spiro atoms. The number of hydrogen-bond donors (Lipinski definition) is 1. The Labute approximate surface area is 163 Å². The van der Waals surface area contributed by atoms with Gasteiger partial charge < -0.3 is 0 Å². The summed E-state index contributed by atoms with van der Waals surface area (Å²) in [7, 11) is 1.84. The SMILES string of the molecule is C=Cc1ncc(-c2cnn(C)c2)cc1C(=O)/C(C)=C/C=C\C(=C)c1ccn[nH]1. The van der Waals surface area contributed by atoms with Gasteiger partial charge in [-0.1, -0.05) is 31.4 Å². The summed E-state index contributed by atoms with van der Waals surface area (Å²) in [5.41, 5.74) is 4.98. The largest absolute Gasteiger partial charge is 0.289 e. The first-order valence-corrected chi connectivity index (χ1v) is 8.69. The van der Waals surface area contributed by atoms with Crippen LogP contribution in [0.2, 0.25) is 0 Å². The number of rotatable bonds is 7. The Hall–Kier alpha value is -3.80. The van der Waals surface area contributed by atoms with Crippen LogP contribution in [0.15, 0.2) is 73.9 Å². The van der Waals surface area contributed by atoms with Gasteiger partial charge in [-0.25, -0.2) is 0 Å². The first-order chi connectivity index (χ1) is 13.5. The highest BCUT2D eigenvalue weighted by atomic mass is 16.1. The molecule has 0 aliphatic heterocycles. The van der Waals surface area contributed by atoms with E-state index in [9.17, 15) is 4.79 Å². The molecule has 0 bridgehead atoms. The highest BCUT2D eigenvalue weighted by Gasteiger charge is 2.14. The molecule has 6 nitrogen and oxygen atoms in total. The van der Waals surface area contributed by atoms with Crippen LogP contribution in [0.25, 0.3) is 22.8 Å². The van der Waals surface area contributed by atoms with Gasteiger partial charge in [-0.05, 0) is 36.3 Å². The van der Waals surface area contributed by atoms with Gasteiger partial charge in [-0.2, -0.15) is 10.2 Å². The van der Waals surface area contributed by atoms with Gasteiger partial charge in [0, 0.05) is 42.3 Å². The van der Waals surface area contributed by atoms with Gasteiger partial charge in [-0.3, -0.25) is 19.6 Å². The van der Waals surface area contributed by atoms with E-state index in [4.69, 9.17) is 0 Å². The molecule has 0 saturated carbocycles. The van der Waals surface area contributed by atoms with Crippen LogP contribution in [-0.4, -0.2) is 30.7 Å². The van der Waals surface area contributed by atoms with Crippen molar-refractivity contribution in [3.8, 4) is 11.1 Å². The fourth-order valence-electron chi connectivity index (χ4n) is 2.67. The van der Waals surface area contributed by atoms with Crippen molar-refractivity contribution in [3.05, 3.63) is 90.8 Å². The molecule has 3 aromatic rings. The number of aryl methyl sites for hydroxylation is 1. The smallest absolute Gasteiger partial charge is 0.190 e. The normalized spacial score (nSPS) is 11.7. The number of aromatic amines is 1. The number of pyridine rings is 1. The molecule has 140 valence electrons. The van der Waals surface area contributed by atoms with E-state index in [0.29, 0.717) is 16.8 Å².